The Hall–Kier alpha value is -1.72. The van der Waals surface area contributed by atoms with Crippen LogP contribution in [0.1, 0.15) is 45.9 Å². The second kappa shape index (κ2) is 7.49. The number of piperazine rings is 1. The van der Waals surface area contributed by atoms with Crippen molar-refractivity contribution in [2.75, 3.05) is 26.2 Å². The summed E-state index contributed by atoms with van der Waals surface area (Å²) in [6, 6.07) is 4.91. The minimum atomic E-state index is 0.136. The third-order valence-corrected chi connectivity index (χ3v) is 6.38. The van der Waals surface area contributed by atoms with Crippen LogP contribution in [0.2, 0.25) is 0 Å². The molecule has 0 N–H and O–H groups in total. The Morgan fingerprint density at radius 3 is 2.15 bits per heavy atom. The Morgan fingerprint density at radius 2 is 1.62 bits per heavy atom. The molecule has 0 bridgehead atoms. The van der Waals surface area contributed by atoms with E-state index in [1.165, 1.54) is 33.6 Å². The summed E-state index contributed by atoms with van der Waals surface area (Å²) in [5.74, 6) is 0.136. The normalized spacial score (nSPS) is 15.7. The van der Waals surface area contributed by atoms with Gasteiger partial charge in [0.1, 0.15) is 9.88 Å². The Bertz CT molecular complexity index is 794. The first kappa shape index (κ1) is 19.1. The van der Waals surface area contributed by atoms with Crippen molar-refractivity contribution in [1.29, 1.82) is 0 Å². The first-order chi connectivity index (χ1) is 12.3. The van der Waals surface area contributed by atoms with Crippen LogP contribution in [0.15, 0.2) is 12.1 Å². The van der Waals surface area contributed by atoms with E-state index in [1.807, 2.05) is 11.8 Å². The maximum absolute atomic E-state index is 13.0. The zero-order valence-electron chi connectivity index (χ0n) is 16.7. The fraction of sp³-hybridized carbons (Fsp3) is 0.524. The summed E-state index contributed by atoms with van der Waals surface area (Å²) in [6.07, 6.45) is 0. The summed E-state index contributed by atoms with van der Waals surface area (Å²) < 4.78 is 0. The van der Waals surface area contributed by atoms with Crippen molar-refractivity contribution in [3.8, 4) is 10.6 Å². The number of hydrogen-bond donors (Lipinski definition) is 0. The van der Waals surface area contributed by atoms with Gasteiger partial charge in [0.25, 0.3) is 5.91 Å². The quantitative estimate of drug-likeness (QED) is 0.811. The highest BCUT2D eigenvalue weighted by molar-refractivity contribution is 7.17. The highest BCUT2D eigenvalue weighted by atomic mass is 32.1. The van der Waals surface area contributed by atoms with Crippen molar-refractivity contribution in [3.05, 3.63) is 39.4 Å². The number of thiazole rings is 1. The topological polar surface area (TPSA) is 36.4 Å². The summed E-state index contributed by atoms with van der Waals surface area (Å²) in [7, 11) is 0. The summed E-state index contributed by atoms with van der Waals surface area (Å²) in [6.45, 7) is 16.2. The van der Waals surface area contributed by atoms with Gasteiger partial charge in [-0.1, -0.05) is 17.7 Å². The van der Waals surface area contributed by atoms with Crippen molar-refractivity contribution in [2.24, 2.45) is 0 Å². The molecule has 0 atom stereocenters. The summed E-state index contributed by atoms with van der Waals surface area (Å²) in [5, 5.41) is 0.960. The molecule has 5 heteroatoms. The lowest BCUT2D eigenvalue weighted by atomic mass is 10.0. The largest absolute Gasteiger partial charge is 0.335 e. The van der Waals surface area contributed by atoms with E-state index in [9.17, 15) is 4.79 Å². The number of amides is 1. The molecule has 1 saturated heterocycles. The van der Waals surface area contributed by atoms with Gasteiger partial charge in [-0.05, 0) is 52.7 Å². The second-order valence-corrected chi connectivity index (χ2v) is 8.63. The molecule has 4 nitrogen and oxygen atoms in total. The van der Waals surface area contributed by atoms with E-state index in [2.05, 4.69) is 51.7 Å². The Labute approximate surface area is 160 Å². The minimum Gasteiger partial charge on any atom is -0.335 e. The highest BCUT2D eigenvalue weighted by Crippen LogP contribution is 2.34. The predicted octanol–water partition coefficient (Wildman–Crippen LogP) is 4.21. The van der Waals surface area contributed by atoms with Crippen LogP contribution in [0.5, 0.6) is 0 Å². The molecule has 1 aliphatic rings. The molecular formula is C21H29N3OS. The molecule has 140 valence electrons. The fourth-order valence-corrected chi connectivity index (χ4v) is 5.01. The van der Waals surface area contributed by atoms with E-state index in [4.69, 9.17) is 4.98 Å². The first-order valence-corrected chi connectivity index (χ1v) is 10.2. The average Bonchev–Trinajstić information content (AvgIpc) is 2.94. The van der Waals surface area contributed by atoms with Crippen molar-refractivity contribution in [1.82, 2.24) is 14.8 Å². The maximum Gasteiger partial charge on any atom is 0.265 e. The zero-order chi connectivity index (χ0) is 19.0. The Morgan fingerprint density at radius 1 is 1.04 bits per heavy atom. The third kappa shape index (κ3) is 3.69. The smallest absolute Gasteiger partial charge is 0.265 e. The SMILES string of the molecule is Cc1cc(C)c(-c2nc(C)c(C(=O)N3CCN(C(C)C)CC3)s2)c(C)c1. The molecule has 2 aromatic rings. The summed E-state index contributed by atoms with van der Waals surface area (Å²) in [5.41, 5.74) is 5.73. The van der Waals surface area contributed by atoms with Crippen molar-refractivity contribution >= 4 is 17.2 Å². The number of aryl methyl sites for hydroxylation is 4. The Kier molecular flexibility index (Phi) is 5.49. The molecule has 1 amide bonds. The van der Waals surface area contributed by atoms with Crippen molar-refractivity contribution < 1.29 is 4.79 Å². The second-order valence-electron chi connectivity index (χ2n) is 7.63. The molecule has 1 aromatic heterocycles. The molecule has 2 heterocycles. The van der Waals surface area contributed by atoms with Gasteiger partial charge < -0.3 is 4.90 Å². The molecule has 1 fully saturated rings. The van der Waals surface area contributed by atoms with E-state index in [1.54, 1.807) is 0 Å². The minimum absolute atomic E-state index is 0.136. The van der Waals surface area contributed by atoms with Crippen LogP contribution in [-0.4, -0.2) is 52.9 Å². The first-order valence-electron chi connectivity index (χ1n) is 9.37. The van der Waals surface area contributed by atoms with E-state index in [0.717, 1.165) is 41.8 Å². The molecule has 1 aliphatic heterocycles. The molecule has 0 aliphatic carbocycles. The molecule has 1 aromatic carbocycles. The van der Waals surface area contributed by atoms with E-state index >= 15 is 0 Å². The molecule has 26 heavy (non-hydrogen) atoms. The van der Waals surface area contributed by atoms with Crippen LogP contribution in [0.3, 0.4) is 0 Å². The molecule has 3 rings (SSSR count). The molecule has 0 saturated carbocycles. The molecule has 0 spiro atoms. The van der Waals surface area contributed by atoms with Gasteiger partial charge in [0.05, 0.1) is 5.69 Å². The lowest BCUT2D eigenvalue weighted by Crippen LogP contribution is -2.50. The van der Waals surface area contributed by atoms with Crippen LogP contribution in [-0.2, 0) is 0 Å². The third-order valence-electron chi connectivity index (χ3n) is 5.21. The number of nitrogens with zero attached hydrogens (tertiary/aromatic N) is 3. The molecular weight excluding hydrogens is 342 g/mol. The fourth-order valence-electron chi connectivity index (χ4n) is 3.80. The molecule has 0 radical (unpaired) electrons. The van der Waals surface area contributed by atoms with Gasteiger partial charge in [-0.25, -0.2) is 4.98 Å². The lowest BCUT2D eigenvalue weighted by Gasteiger charge is -2.36. The van der Waals surface area contributed by atoms with Gasteiger partial charge >= 0.3 is 0 Å². The van der Waals surface area contributed by atoms with Gasteiger partial charge in [0.15, 0.2) is 0 Å². The van der Waals surface area contributed by atoms with Crippen LogP contribution in [0, 0.1) is 27.7 Å². The standard InChI is InChI=1S/C21H29N3OS/c1-13(2)23-7-9-24(10-8-23)21(25)19-17(6)22-20(26-19)18-15(4)11-14(3)12-16(18)5/h11-13H,7-10H2,1-6H3. The van der Waals surface area contributed by atoms with Gasteiger partial charge in [0, 0.05) is 37.8 Å². The summed E-state index contributed by atoms with van der Waals surface area (Å²) in [4.78, 5) is 23.0. The maximum atomic E-state index is 13.0. The number of carbonyl (C=O) groups excluding carboxylic acids is 1. The van der Waals surface area contributed by atoms with Crippen molar-refractivity contribution in [2.45, 2.75) is 47.6 Å². The average molecular weight is 372 g/mol. The van der Waals surface area contributed by atoms with E-state index < -0.39 is 0 Å². The predicted molar refractivity (Wildman–Crippen MR) is 109 cm³/mol. The number of hydrogen-bond acceptors (Lipinski definition) is 4. The summed E-state index contributed by atoms with van der Waals surface area (Å²) >= 11 is 1.54. The van der Waals surface area contributed by atoms with Gasteiger partial charge in [-0.2, -0.15) is 0 Å². The van der Waals surface area contributed by atoms with E-state index in [0.29, 0.717) is 6.04 Å². The Balaban J connectivity index is 1.84. The van der Waals surface area contributed by atoms with Gasteiger partial charge in [-0.3, -0.25) is 9.69 Å². The zero-order valence-corrected chi connectivity index (χ0v) is 17.5. The van der Waals surface area contributed by atoms with Crippen molar-refractivity contribution in [3.63, 3.8) is 0 Å². The lowest BCUT2D eigenvalue weighted by molar-refractivity contribution is 0.0599. The number of aromatic nitrogens is 1. The van der Waals surface area contributed by atoms with E-state index in [-0.39, 0.29) is 5.91 Å². The van der Waals surface area contributed by atoms with Crippen LogP contribution < -0.4 is 0 Å². The van der Waals surface area contributed by atoms with Crippen LogP contribution >= 0.6 is 11.3 Å². The van der Waals surface area contributed by atoms with Crippen LogP contribution in [0.4, 0.5) is 0 Å². The van der Waals surface area contributed by atoms with Gasteiger partial charge in [-0.15, -0.1) is 11.3 Å². The highest BCUT2D eigenvalue weighted by Gasteiger charge is 2.26. The molecule has 0 unspecified atom stereocenters. The monoisotopic (exact) mass is 371 g/mol. The number of benzene rings is 1. The number of rotatable bonds is 3. The van der Waals surface area contributed by atoms with Crippen LogP contribution in [0.25, 0.3) is 10.6 Å². The van der Waals surface area contributed by atoms with Gasteiger partial charge in [0.2, 0.25) is 0 Å². The number of carbonyl (C=O) groups is 1.